The Balaban J connectivity index is 2.01. The van der Waals surface area contributed by atoms with Gasteiger partial charge in [-0.05, 0) is 31.2 Å². The monoisotopic (exact) mass is 295 g/mol. The van der Waals surface area contributed by atoms with Crippen molar-refractivity contribution >= 4 is 23.6 Å². The minimum Gasteiger partial charge on any atom is -0.466 e. The number of carbonyl (C=O) groups is 2. The Morgan fingerprint density at radius 2 is 1.95 bits per heavy atom. The molecule has 0 saturated heterocycles. The molecule has 1 aromatic rings. The van der Waals surface area contributed by atoms with Crippen LogP contribution < -0.4 is 5.32 Å². The second-order valence-corrected chi connectivity index (χ2v) is 5.34. The van der Waals surface area contributed by atoms with Crippen LogP contribution in [0, 0.1) is 0 Å². The highest BCUT2D eigenvalue weighted by Crippen LogP contribution is 2.18. The van der Waals surface area contributed by atoms with E-state index in [1.165, 1.54) is 4.90 Å². The summed E-state index contributed by atoms with van der Waals surface area (Å²) in [4.78, 5) is 23.8. The molecule has 0 bridgehead atoms. The van der Waals surface area contributed by atoms with Gasteiger partial charge in [-0.2, -0.15) is 0 Å². The Bertz CT molecular complexity index is 409. The van der Waals surface area contributed by atoms with Crippen LogP contribution in [0.2, 0.25) is 0 Å². The molecule has 0 radical (unpaired) electrons. The number of rotatable bonds is 9. The first-order valence-corrected chi connectivity index (χ1v) is 7.81. The Kier molecular flexibility index (Phi) is 8.54. The lowest BCUT2D eigenvalue weighted by Gasteiger charge is -2.05. The maximum atomic E-state index is 11.5. The molecule has 0 aliphatic rings. The van der Waals surface area contributed by atoms with E-state index in [2.05, 4.69) is 17.4 Å². The standard InChI is InChI=1S/C15H21NO3S/c1-2-19-15(18)10-11-16-14(17)9-6-12-20-13-7-4-3-5-8-13/h3-5,7-8H,2,6,9-12H2,1H3,(H,16,17). The molecule has 1 N–H and O–H groups in total. The van der Waals surface area contributed by atoms with Gasteiger partial charge < -0.3 is 10.1 Å². The quantitative estimate of drug-likeness (QED) is 0.432. The highest BCUT2D eigenvalue weighted by molar-refractivity contribution is 7.99. The zero-order chi connectivity index (χ0) is 14.6. The fourth-order valence-corrected chi connectivity index (χ4v) is 2.44. The van der Waals surface area contributed by atoms with Gasteiger partial charge in [0.15, 0.2) is 0 Å². The Morgan fingerprint density at radius 1 is 1.20 bits per heavy atom. The number of carbonyl (C=O) groups excluding carboxylic acids is 2. The van der Waals surface area contributed by atoms with E-state index in [1.54, 1.807) is 18.7 Å². The van der Waals surface area contributed by atoms with Crippen LogP contribution in [0.3, 0.4) is 0 Å². The normalized spacial score (nSPS) is 10.1. The highest BCUT2D eigenvalue weighted by atomic mass is 32.2. The van der Waals surface area contributed by atoms with Crippen molar-refractivity contribution in [1.29, 1.82) is 0 Å². The molecule has 0 unspecified atom stereocenters. The van der Waals surface area contributed by atoms with Crippen molar-refractivity contribution in [2.75, 3.05) is 18.9 Å². The van der Waals surface area contributed by atoms with E-state index in [-0.39, 0.29) is 18.3 Å². The van der Waals surface area contributed by atoms with Gasteiger partial charge in [0.1, 0.15) is 0 Å². The zero-order valence-corrected chi connectivity index (χ0v) is 12.6. The maximum Gasteiger partial charge on any atom is 0.307 e. The first kappa shape index (κ1) is 16.6. The van der Waals surface area contributed by atoms with Gasteiger partial charge in [-0.15, -0.1) is 11.8 Å². The van der Waals surface area contributed by atoms with Crippen LogP contribution in [0.15, 0.2) is 35.2 Å². The van der Waals surface area contributed by atoms with E-state index < -0.39 is 0 Å². The fraction of sp³-hybridized carbons (Fsp3) is 0.467. The van der Waals surface area contributed by atoms with E-state index in [0.29, 0.717) is 19.6 Å². The summed E-state index contributed by atoms with van der Waals surface area (Å²) in [6.45, 7) is 2.49. The molecule has 5 heteroatoms. The van der Waals surface area contributed by atoms with Gasteiger partial charge in [-0.1, -0.05) is 18.2 Å². The van der Waals surface area contributed by atoms with E-state index in [4.69, 9.17) is 4.74 Å². The molecular weight excluding hydrogens is 274 g/mol. The van der Waals surface area contributed by atoms with Crippen LogP contribution in [0.25, 0.3) is 0 Å². The molecule has 0 spiro atoms. The van der Waals surface area contributed by atoms with Crippen molar-refractivity contribution in [2.24, 2.45) is 0 Å². The third-order valence-corrected chi connectivity index (χ3v) is 3.62. The smallest absolute Gasteiger partial charge is 0.307 e. The summed E-state index contributed by atoms with van der Waals surface area (Å²) in [6, 6.07) is 10.1. The van der Waals surface area contributed by atoms with Crippen LogP contribution in [0.4, 0.5) is 0 Å². The molecule has 0 aliphatic carbocycles. The van der Waals surface area contributed by atoms with Gasteiger partial charge in [0.05, 0.1) is 13.0 Å². The number of benzene rings is 1. The van der Waals surface area contributed by atoms with Gasteiger partial charge in [-0.25, -0.2) is 0 Å². The first-order chi connectivity index (χ1) is 9.72. The van der Waals surface area contributed by atoms with E-state index in [1.807, 2.05) is 18.2 Å². The molecule has 4 nitrogen and oxygen atoms in total. The van der Waals surface area contributed by atoms with E-state index in [0.717, 1.165) is 12.2 Å². The number of amides is 1. The molecule has 0 saturated carbocycles. The van der Waals surface area contributed by atoms with Crippen LogP contribution in [0.5, 0.6) is 0 Å². The van der Waals surface area contributed by atoms with Crippen LogP contribution in [-0.2, 0) is 14.3 Å². The van der Waals surface area contributed by atoms with Gasteiger partial charge in [0, 0.05) is 17.9 Å². The van der Waals surface area contributed by atoms with Gasteiger partial charge >= 0.3 is 5.97 Å². The van der Waals surface area contributed by atoms with Gasteiger partial charge in [-0.3, -0.25) is 9.59 Å². The predicted molar refractivity (Wildman–Crippen MR) is 80.7 cm³/mol. The summed E-state index contributed by atoms with van der Waals surface area (Å²) in [6.07, 6.45) is 1.55. The Labute approximate surface area is 124 Å². The number of thioether (sulfide) groups is 1. The molecule has 1 rings (SSSR count). The average molecular weight is 295 g/mol. The molecule has 1 amide bonds. The van der Waals surface area contributed by atoms with Crippen LogP contribution >= 0.6 is 11.8 Å². The lowest BCUT2D eigenvalue weighted by molar-refractivity contribution is -0.143. The predicted octanol–water partition coefficient (Wildman–Crippen LogP) is 2.63. The molecule has 1 aromatic carbocycles. The lowest BCUT2D eigenvalue weighted by atomic mass is 10.3. The minimum atomic E-state index is -0.271. The van der Waals surface area contributed by atoms with Crippen molar-refractivity contribution in [1.82, 2.24) is 5.32 Å². The van der Waals surface area contributed by atoms with Crippen molar-refractivity contribution in [3.8, 4) is 0 Å². The second-order valence-electron chi connectivity index (χ2n) is 4.17. The van der Waals surface area contributed by atoms with Gasteiger partial charge in [0.2, 0.25) is 5.91 Å². The summed E-state index contributed by atoms with van der Waals surface area (Å²) in [7, 11) is 0. The average Bonchev–Trinajstić information content (AvgIpc) is 2.45. The summed E-state index contributed by atoms with van der Waals surface area (Å²) in [5.41, 5.74) is 0. The first-order valence-electron chi connectivity index (χ1n) is 6.82. The van der Waals surface area contributed by atoms with Crippen molar-refractivity contribution < 1.29 is 14.3 Å². The number of hydrogen-bond donors (Lipinski definition) is 1. The largest absolute Gasteiger partial charge is 0.466 e. The molecule has 0 heterocycles. The molecule has 0 aromatic heterocycles. The molecule has 0 aliphatic heterocycles. The maximum absolute atomic E-state index is 11.5. The van der Waals surface area contributed by atoms with Crippen molar-refractivity contribution in [3.05, 3.63) is 30.3 Å². The molecular formula is C15H21NO3S. The molecule has 20 heavy (non-hydrogen) atoms. The number of esters is 1. The SMILES string of the molecule is CCOC(=O)CCNC(=O)CCCSc1ccccc1. The number of hydrogen-bond acceptors (Lipinski definition) is 4. The molecule has 110 valence electrons. The van der Waals surface area contributed by atoms with Gasteiger partial charge in [0.25, 0.3) is 0 Å². The highest BCUT2D eigenvalue weighted by Gasteiger charge is 2.04. The molecule has 0 atom stereocenters. The summed E-state index contributed by atoms with van der Waals surface area (Å²) in [5, 5.41) is 2.72. The summed E-state index contributed by atoms with van der Waals surface area (Å²) >= 11 is 1.74. The lowest BCUT2D eigenvalue weighted by Crippen LogP contribution is -2.26. The zero-order valence-electron chi connectivity index (χ0n) is 11.8. The minimum absolute atomic E-state index is 0.0111. The van der Waals surface area contributed by atoms with Crippen molar-refractivity contribution in [3.63, 3.8) is 0 Å². The van der Waals surface area contributed by atoms with E-state index >= 15 is 0 Å². The fourth-order valence-electron chi connectivity index (χ4n) is 1.56. The third-order valence-electron chi connectivity index (χ3n) is 2.52. The van der Waals surface area contributed by atoms with Crippen molar-refractivity contribution in [2.45, 2.75) is 31.1 Å². The molecule has 0 fully saturated rings. The number of nitrogens with one attached hydrogen (secondary N) is 1. The Morgan fingerprint density at radius 3 is 2.65 bits per heavy atom. The Hall–Kier alpha value is -1.49. The number of ether oxygens (including phenoxy) is 1. The summed E-state index contributed by atoms with van der Waals surface area (Å²) in [5.74, 6) is 0.630. The van der Waals surface area contributed by atoms with E-state index in [9.17, 15) is 9.59 Å². The second kappa shape index (κ2) is 10.3. The third kappa shape index (κ3) is 7.84. The topological polar surface area (TPSA) is 55.4 Å². The van der Waals surface area contributed by atoms with Crippen LogP contribution in [0.1, 0.15) is 26.2 Å². The van der Waals surface area contributed by atoms with Crippen LogP contribution in [-0.4, -0.2) is 30.8 Å². The summed E-state index contributed by atoms with van der Waals surface area (Å²) < 4.78 is 4.78.